The molecule has 6 heteroatoms. The second-order valence-electron chi connectivity index (χ2n) is 5.69. The first-order chi connectivity index (χ1) is 11.5. The second-order valence-corrected chi connectivity index (χ2v) is 6.53. The summed E-state index contributed by atoms with van der Waals surface area (Å²) in [6, 6.07) is 13.0. The summed E-state index contributed by atoms with van der Waals surface area (Å²) in [6.07, 6.45) is 0. The van der Waals surface area contributed by atoms with Crippen LogP contribution in [0.15, 0.2) is 47.3 Å². The van der Waals surface area contributed by atoms with E-state index < -0.39 is 0 Å². The lowest BCUT2D eigenvalue weighted by Gasteiger charge is -2.18. The van der Waals surface area contributed by atoms with Crippen LogP contribution in [0.4, 0.5) is 0 Å². The Hall–Kier alpha value is -1.88. The molecule has 0 aliphatic carbocycles. The number of nitrogens with zero attached hydrogens (tertiary/aromatic N) is 2. The van der Waals surface area contributed by atoms with Crippen LogP contribution in [-0.2, 0) is 6.54 Å². The van der Waals surface area contributed by atoms with Gasteiger partial charge >= 0.3 is 0 Å². The van der Waals surface area contributed by atoms with Crippen LogP contribution in [0.25, 0.3) is 22.3 Å². The van der Waals surface area contributed by atoms with Gasteiger partial charge in [-0.15, -0.1) is 0 Å². The minimum Gasteiger partial charge on any atom is -0.315 e. The second kappa shape index (κ2) is 6.93. The fraction of sp³-hybridized carbons (Fsp3) is 0.222. The highest BCUT2D eigenvalue weighted by molar-refractivity contribution is 6.38. The summed E-state index contributed by atoms with van der Waals surface area (Å²) in [5.41, 5.74) is 1.19. The summed E-state index contributed by atoms with van der Waals surface area (Å²) in [7, 11) is 1.86. The fourth-order valence-corrected chi connectivity index (χ4v) is 3.13. The maximum Gasteiger partial charge on any atom is 0.261 e. The lowest BCUT2D eigenvalue weighted by Crippen LogP contribution is -2.33. The Morgan fingerprint density at radius 2 is 1.92 bits per heavy atom. The molecule has 0 radical (unpaired) electrons. The standard InChI is InChI=1S/C18H17Cl2N3O/c1-11(21-2)10-23-17(12-6-4-3-5-7-12)22-16-14(18(23)24)8-13(19)9-15(16)20/h3-9,11,21H,10H2,1-2H3. The summed E-state index contributed by atoms with van der Waals surface area (Å²) in [6.45, 7) is 2.50. The third-order valence-corrected chi connectivity index (χ3v) is 4.46. The summed E-state index contributed by atoms with van der Waals surface area (Å²) >= 11 is 12.3. The van der Waals surface area contributed by atoms with E-state index in [1.807, 2.05) is 44.3 Å². The molecule has 24 heavy (non-hydrogen) atoms. The molecule has 1 aromatic heterocycles. The smallest absolute Gasteiger partial charge is 0.261 e. The van der Waals surface area contributed by atoms with Gasteiger partial charge in [-0.05, 0) is 26.1 Å². The highest BCUT2D eigenvalue weighted by atomic mass is 35.5. The van der Waals surface area contributed by atoms with E-state index in [-0.39, 0.29) is 11.6 Å². The topological polar surface area (TPSA) is 46.9 Å². The molecule has 1 heterocycles. The molecule has 0 bridgehead atoms. The monoisotopic (exact) mass is 361 g/mol. The Morgan fingerprint density at radius 3 is 2.58 bits per heavy atom. The zero-order valence-electron chi connectivity index (χ0n) is 13.4. The predicted molar refractivity (Wildman–Crippen MR) is 100.0 cm³/mol. The molecule has 0 saturated carbocycles. The molecule has 0 aliphatic rings. The highest BCUT2D eigenvalue weighted by Gasteiger charge is 2.16. The van der Waals surface area contributed by atoms with Crippen LogP contribution in [0.1, 0.15) is 6.92 Å². The third kappa shape index (κ3) is 3.18. The molecule has 0 spiro atoms. The Morgan fingerprint density at radius 1 is 1.21 bits per heavy atom. The van der Waals surface area contributed by atoms with E-state index in [9.17, 15) is 4.79 Å². The van der Waals surface area contributed by atoms with Crippen molar-refractivity contribution >= 4 is 34.1 Å². The molecular weight excluding hydrogens is 345 g/mol. The van der Waals surface area contributed by atoms with E-state index in [2.05, 4.69) is 10.3 Å². The molecule has 0 saturated heterocycles. The van der Waals surface area contributed by atoms with Crippen LogP contribution in [0.5, 0.6) is 0 Å². The van der Waals surface area contributed by atoms with Crippen LogP contribution < -0.4 is 10.9 Å². The van der Waals surface area contributed by atoms with Gasteiger partial charge in [0, 0.05) is 23.2 Å². The maximum absolute atomic E-state index is 13.1. The number of likely N-dealkylation sites (N-methyl/N-ethyl adjacent to an activating group) is 1. The molecule has 0 amide bonds. The van der Waals surface area contributed by atoms with Crippen molar-refractivity contribution in [3.05, 3.63) is 62.9 Å². The zero-order chi connectivity index (χ0) is 17.3. The molecule has 3 aromatic rings. The van der Waals surface area contributed by atoms with Crippen molar-refractivity contribution in [1.29, 1.82) is 0 Å². The number of rotatable bonds is 4. The molecule has 0 aliphatic heterocycles. The molecule has 4 nitrogen and oxygen atoms in total. The molecule has 1 unspecified atom stereocenters. The van der Waals surface area contributed by atoms with Gasteiger partial charge in [-0.3, -0.25) is 9.36 Å². The average Bonchev–Trinajstić information content (AvgIpc) is 2.58. The summed E-state index contributed by atoms with van der Waals surface area (Å²) in [4.78, 5) is 17.7. The van der Waals surface area contributed by atoms with Gasteiger partial charge in [-0.1, -0.05) is 53.5 Å². The van der Waals surface area contributed by atoms with Gasteiger partial charge in [0.05, 0.1) is 15.9 Å². The van der Waals surface area contributed by atoms with Crippen molar-refractivity contribution in [2.45, 2.75) is 19.5 Å². The van der Waals surface area contributed by atoms with E-state index in [1.165, 1.54) is 0 Å². The summed E-state index contributed by atoms with van der Waals surface area (Å²) < 4.78 is 1.67. The first kappa shape index (κ1) is 17.0. The maximum atomic E-state index is 13.1. The Kier molecular flexibility index (Phi) is 4.90. The van der Waals surface area contributed by atoms with E-state index in [0.717, 1.165) is 5.56 Å². The number of aromatic nitrogens is 2. The van der Waals surface area contributed by atoms with Crippen LogP contribution in [0.3, 0.4) is 0 Å². The molecule has 124 valence electrons. The van der Waals surface area contributed by atoms with Crippen LogP contribution in [-0.4, -0.2) is 22.6 Å². The number of fused-ring (bicyclic) bond motifs is 1. The highest BCUT2D eigenvalue weighted by Crippen LogP contribution is 2.27. The Balaban J connectivity index is 2.35. The zero-order valence-corrected chi connectivity index (χ0v) is 14.9. The predicted octanol–water partition coefficient (Wildman–Crippen LogP) is 3.98. The van der Waals surface area contributed by atoms with E-state index >= 15 is 0 Å². The fourth-order valence-electron chi connectivity index (χ4n) is 2.59. The first-order valence-electron chi connectivity index (χ1n) is 7.63. The molecule has 3 rings (SSSR count). The minimum absolute atomic E-state index is 0.110. The van der Waals surface area contributed by atoms with Gasteiger partial charge in [0.25, 0.3) is 5.56 Å². The normalized spacial score (nSPS) is 12.5. The van der Waals surface area contributed by atoms with Gasteiger partial charge in [-0.25, -0.2) is 4.98 Å². The number of nitrogens with one attached hydrogen (secondary N) is 1. The quantitative estimate of drug-likeness (QED) is 0.764. The summed E-state index contributed by atoms with van der Waals surface area (Å²) in [5, 5.41) is 4.38. The van der Waals surface area contributed by atoms with Gasteiger partial charge in [0.15, 0.2) is 0 Å². The van der Waals surface area contributed by atoms with Crippen LogP contribution >= 0.6 is 23.2 Å². The molecule has 1 N–H and O–H groups in total. The largest absolute Gasteiger partial charge is 0.315 e. The number of benzene rings is 2. The lowest BCUT2D eigenvalue weighted by molar-refractivity contribution is 0.507. The lowest BCUT2D eigenvalue weighted by atomic mass is 10.1. The summed E-state index contributed by atoms with van der Waals surface area (Å²) in [5.74, 6) is 0.597. The van der Waals surface area contributed by atoms with Crippen molar-refractivity contribution < 1.29 is 0 Å². The van der Waals surface area contributed by atoms with Crippen LogP contribution in [0, 0.1) is 0 Å². The van der Waals surface area contributed by atoms with E-state index in [1.54, 1.807) is 16.7 Å². The molecule has 0 fully saturated rings. The van der Waals surface area contributed by atoms with Crippen LogP contribution in [0.2, 0.25) is 10.0 Å². The minimum atomic E-state index is -0.148. The van der Waals surface area contributed by atoms with Gasteiger partial charge < -0.3 is 5.32 Å². The van der Waals surface area contributed by atoms with E-state index in [4.69, 9.17) is 23.2 Å². The van der Waals surface area contributed by atoms with E-state index in [0.29, 0.717) is 33.3 Å². The number of hydrogen-bond acceptors (Lipinski definition) is 3. The first-order valence-corrected chi connectivity index (χ1v) is 8.39. The van der Waals surface area contributed by atoms with Gasteiger partial charge in [-0.2, -0.15) is 0 Å². The third-order valence-electron chi connectivity index (χ3n) is 3.96. The van der Waals surface area contributed by atoms with Crippen molar-refractivity contribution in [3.8, 4) is 11.4 Å². The van der Waals surface area contributed by atoms with Crippen molar-refractivity contribution in [1.82, 2.24) is 14.9 Å². The van der Waals surface area contributed by atoms with Gasteiger partial charge in [0.1, 0.15) is 5.82 Å². The number of hydrogen-bond donors (Lipinski definition) is 1. The van der Waals surface area contributed by atoms with Crippen molar-refractivity contribution in [3.63, 3.8) is 0 Å². The molecule has 2 aromatic carbocycles. The van der Waals surface area contributed by atoms with Crippen molar-refractivity contribution in [2.75, 3.05) is 7.05 Å². The average molecular weight is 362 g/mol. The van der Waals surface area contributed by atoms with Gasteiger partial charge in [0.2, 0.25) is 0 Å². The van der Waals surface area contributed by atoms with Crippen molar-refractivity contribution in [2.24, 2.45) is 0 Å². The molecule has 1 atom stereocenters. The Labute approximate surface area is 150 Å². The molecular formula is C18H17Cl2N3O. The number of halogens is 2. The Bertz CT molecular complexity index is 938. The SMILES string of the molecule is CNC(C)Cn1c(-c2ccccc2)nc2c(Cl)cc(Cl)cc2c1=O.